The van der Waals surface area contributed by atoms with Gasteiger partial charge in [-0.05, 0) is 43.2 Å². The highest BCUT2D eigenvalue weighted by Gasteiger charge is 2.28. The molecule has 3 rings (SSSR count). The zero-order chi connectivity index (χ0) is 15.5. The molecule has 1 heterocycles. The monoisotopic (exact) mass is 302 g/mol. The summed E-state index contributed by atoms with van der Waals surface area (Å²) in [6, 6.07) is 6.27. The lowest BCUT2D eigenvalue weighted by molar-refractivity contribution is -0.137. The van der Waals surface area contributed by atoms with E-state index in [2.05, 4.69) is 0 Å². The van der Waals surface area contributed by atoms with Gasteiger partial charge in [0.15, 0.2) is 0 Å². The average molecular weight is 302 g/mol. The molecule has 1 aliphatic carbocycles. The van der Waals surface area contributed by atoms with E-state index in [-0.39, 0.29) is 12.4 Å². The summed E-state index contributed by atoms with van der Waals surface area (Å²) in [6.45, 7) is 0.511. The van der Waals surface area contributed by atoms with Crippen LogP contribution in [-0.4, -0.2) is 34.9 Å². The van der Waals surface area contributed by atoms with Gasteiger partial charge in [-0.15, -0.1) is 0 Å². The highest BCUT2D eigenvalue weighted by molar-refractivity contribution is 5.93. The molecule has 1 aromatic carbocycles. The fourth-order valence-corrected chi connectivity index (χ4v) is 3.18. The second-order valence-corrected chi connectivity index (χ2v) is 5.82. The van der Waals surface area contributed by atoms with Gasteiger partial charge < -0.3 is 10.0 Å². The minimum Gasteiger partial charge on any atom is -0.480 e. The van der Waals surface area contributed by atoms with Crippen LogP contribution < -0.4 is 0 Å². The third-order valence-electron chi connectivity index (χ3n) is 4.25. The SMILES string of the molecule is O=C(O)CN1CC=C(c2ccc(F)cc2)N=C1C1CCCC1. The summed E-state index contributed by atoms with van der Waals surface area (Å²) < 4.78 is 13.1. The summed E-state index contributed by atoms with van der Waals surface area (Å²) in [7, 11) is 0. The van der Waals surface area contributed by atoms with Gasteiger partial charge in [0, 0.05) is 18.0 Å². The molecule has 0 spiro atoms. The fraction of sp³-hybridized carbons (Fsp3) is 0.412. The Bertz CT molecular complexity index is 616. The van der Waals surface area contributed by atoms with Crippen LogP contribution in [0, 0.1) is 11.7 Å². The minimum atomic E-state index is -0.843. The van der Waals surface area contributed by atoms with Crippen molar-refractivity contribution in [2.75, 3.05) is 13.1 Å². The quantitative estimate of drug-likeness (QED) is 0.929. The highest BCUT2D eigenvalue weighted by atomic mass is 19.1. The number of rotatable bonds is 4. The Morgan fingerprint density at radius 1 is 1.27 bits per heavy atom. The van der Waals surface area contributed by atoms with Crippen molar-refractivity contribution in [3.63, 3.8) is 0 Å². The largest absolute Gasteiger partial charge is 0.480 e. The minimum absolute atomic E-state index is 0.0253. The maximum atomic E-state index is 13.1. The van der Waals surface area contributed by atoms with Gasteiger partial charge in [0.2, 0.25) is 0 Å². The van der Waals surface area contributed by atoms with Gasteiger partial charge in [-0.1, -0.05) is 12.8 Å². The van der Waals surface area contributed by atoms with Crippen LogP contribution in [0.4, 0.5) is 4.39 Å². The molecular formula is C17H19FN2O2. The number of benzene rings is 1. The summed E-state index contributed by atoms with van der Waals surface area (Å²) in [4.78, 5) is 17.6. The molecule has 1 fully saturated rings. The number of hydrogen-bond donors (Lipinski definition) is 1. The van der Waals surface area contributed by atoms with Crippen molar-refractivity contribution < 1.29 is 14.3 Å². The number of nitrogens with zero attached hydrogens (tertiary/aromatic N) is 2. The molecule has 0 aromatic heterocycles. The van der Waals surface area contributed by atoms with Crippen molar-refractivity contribution in [2.24, 2.45) is 10.9 Å². The molecule has 1 saturated carbocycles. The van der Waals surface area contributed by atoms with E-state index in [1.807, 2.05) is 11.0 Å². The molecule has 0 bridgehead atoms. The fourth-order valence-electron chi connectivity index (χ4n) is 3.18. The second kappa shape index (κ2) is 6.30. The Labute approximate surface area is 129 Å². The lowest BCUT2D eigenvalue weighted by atomic mass is 10.0. The Morgan fingerprint density at radius 2 is 1.95 bits per heavy atom. The van der Waals surface area contributed by atoms with E-state index in [1.54, 1.807) is 12.1 Å². The van der Waals surface area contributed by atoms with Crippen molar-refractivity contribution in [3.05, 3.63) is 41.7 Å². The summed E-state index contributed by atoms with van der Waals surface area (Å²) in [5.74, 6) is 0.0993. The highest BCUT2D eigenvalue weighted by Crippen LogP contribution is 2.31. The molecular weight excluding hydrogens is 283 g/mol. The van der Waals surface area contributed by atoms with Gasteiger partial charge in [0.25, 0.3) is 0 Å². The molecule has 5 heteroatoms. The Kier molecular flexibility index (Phi) is 4.22. The summed E-state index contributed by atoms with van der Waals surface area (Å²) in [5, 5.41) is 9.08. The number of hydrogen-bond acceptors (Lipinski definition) is 3. The summed E-state index contributed by atoms with van der Waals surface area (Å²) in [5.41, 5.74) is 1.68. The first-order valence-electron chi connectivity index (χ1n) is 7.65. The topological polar surface area (TPSA) is 52.9 Å². The molecule has 0 amide bonds. The van der Waals surface area contributed by atoms with Crippen LogP contribution in [0.3, 0.4) is 0 Å². The third kappa shape index (κ3) is 3.18. The van der Waals surface area contributed by atoms with E-state index < -0.39 is 5.97 Å². The number of aliphatic carboxylic acids is 1. The van der Waals surface area contributed by atoms with Gasteiger partial charge in [-0.3, -0.25) is 4.79 Å². The van der Waals surface area contributed by atoms with Gasteiger partial charge in [0.05, 0.1) is 5.70 Å². The second-order valence-electron chi connectivity index (χ2n) is 5.82. The van der Waals surface area contributed by atoms with E-state index in [1.165, 1.54) is 25.0 Å². The lowest BCUT2D eigenvalue weighted by Gasteiger charge is -2.30. The van der Waals surface area contributed by atoms with Crippen LogP contribution in [0.1, 0.15) is 31.2 Å². The first kappa shape index (κ1) is 14.8. The predicted octanol–water partition coefficient (Wildman–Crippen LogP) is 3.16. The van der Waals surface area contributed by atoms with E-state index in [9.17, 15) is 9.18 Å². The first-order valence-corrected chi connectivity index (χ1v) is 7.65. The van der Waals surface area contributed by atoms with Crippen LogP contribution in [0.2, 0.25) is 0 Å². The normalized spacial score (nSPS) is 19.0. The molecule has 1 aromatic rings. The molecule has 0 unspecified atom stereocenters. The molecule has 0 atom stereocenters. The van der Waals surface area contributed by atoms with Gasteiger partial charge in [-0.2, -0.15) is 0 Å². The van der Waals surface area contributed by atoms with E-state index in [0.717, 1.165) is 29.9 Å². The molecule has 116 valence electrons. The smallest absolute Gasteiger partial charge is 0.323 e. The van der Waals surface area contributed by atoms with Gasteiger partial charge in [-0.25, -0.2) is 9.38 Å². The van der Waals surface area contributed by atoms with Crippen molar-refractivity contribution >= 4 is 17.5 Å². The van der Waals surface area contributed by atoms with E-state index >= 15 is 0 Å². The van der Waals surface area contributed by atoms with Gasteiger partial charge >= 0.3 is 5.97 Å². The standard InChI is InChI=1S/C17H19FN2O2/c18-14-7-5-12(6-8-14)15-9-10-20(11-16(21)22)17(19-15)13-3-1-2-4-13/h5-9,13H,1-4,10-11H2,(H,21,22). The van der Waals surface area contributed by atoms with E-state index in [0.29, 0.717) is 12.5 Å². The average Bonchev–Trinajstić information content (AvgIpc) is 3.02. The van der Waals surface area contributed by atoms with Crippen molar-refractivity contribution in [1.29, 1.82) is 0 Å². The Hall–Kier alpha value is -2.17. The van der Waals surface area contributed by atoms with Crippen LogP contribution in [0.25, 0.3) is 5.70 Å². The zero-order valence-electron chi connectivity index (χ0n) is 12.3. The third-order valence-corrected chi connectivity index (χ3v) is 4.25. The molecule has 0 saturated heterocycles. The maximum Gasteiger partial charge on any atom is 0.323 e. The van der Waals surface area contributed by atoms with Crippen molar-refractivity contribution in [3.8, 4) is 0 Å². The van der Waals surface area contributed by atoms with Gasteiger partial charge in [0.1, 0.15) is 18.2 Å². The lowest BCUT2D eigenvalue weighted by Crippen LogP contribution is -2.41. The number of carboxylic acid groups (broad SMARTS) is 1. The molecule has 0 radical (unpaired) electrons. The van der Waals surface area contributed by atoms with Crippen molar-refractivity contribution in [1.82, 2.24) is 4.90 Å². The number of aliphatic imine (C=N–C) groups is 1. The Balaban J connectivity index is 1.88. The number of carboxylic acids is 1. The Morgan fingerprint density at radius 3 is 2.59 bits per heavy atom. The number of halogens is 1. The first-order chi connectivity index (χ1) is 10.6. The molecule has 1 aliphatic heterocycles. The summed E-state index contributed by atoms with van der Waals surface area (Å²) in [6.07, 6.45) is 6.37. The molecule has 1 N–H and O–H groups in total. The molecule has 22 heavy (non-hydrogen) atoms. The summed E-state index contributed by atoms with van der Waals surface area (Å²) >= 11 is 0. The number of amidine groups is 1. The molecule has 2 aliphatic rings. The van der Waals surface area contributed by atoms with Crippen LogP contribution in [-0.2, 0) is 4.79 Å². The number of carbonyl (C=O) groups is 1. The van der Waals surface area contributed by atoms with Crippen molar-refractivity contribution in [2.45, 2.75) is 25.7 Å². The molecule has 4 nitrogen and oxygen atoms in total. The predicted molar refractivity (Wildman–Crippen MR) is 83.0 cm³/mol. The van der Waals surface area contributed by atoms with E-state index in [4.69, 9.17) is 10.1 Å². The van der Waals surface area contributed by atoms with Crippen LogP contribution in [0.5, 0.6) is 0 Å². The van der Waals surface area contributed by atoms with Crippen LogP contribution >= 0.6 is 0 Å². The zero-order valence-corrected chi connectivity index (χ0v) is 12.3. The van der Waals surface area contributed by atoms with Crippen LogP contribution in [0.15, 0.2) is 35.3 Å². The maximum absolute atomic E-state index is 13.1.